The van der Waals surface area contributed by atoms with E-state index < -0.39 is 5.60 Å². The van der Waals surface area contributed by atoms with E-state index in [0.717, 1.165) is 35.1 Å². The topological polar surface area (TPSA) is 47.6 Å². The van der Waals surface area contributed by atoms with Crippen molar-refractivity contribution in [1.82, 2.24) is 0 Å². The fourth-order valence-electron chi connectivity index (χ4n) is 2.48. The van der Waals surface area contributed by atoms with Crippen LogP contribution in [-0.2, 0) is 9.53 Å². The molecular weight excluding hydrogens is 314 g/mol. The number of rotatable bonds is 8. The standard InChI is InChI=1S/C21H29NO3/c1-6-14-24-21(4,5)20(23)22-18-12-13-19(25-15(3)7-2)17-11-9-8-10-16(17)18/h8-13,15H,6-7,14H2,1-5H3,(H,22,23)/t15-/m1/s1. The first-order valence-corrected chi connectivity index (χ1v) is 9.02. The Morgan fingerprint density at radius 3 is 2.44 bits per heavy atom. The third-order valence-electron chi connectivity index (χ3n) is 4.25. The highest BCUT2D eigenvalue weighted by Gasteiger charge is 2.28. The van der Waals surface area contributed by atoms with Crippen molar-refractivity contribution in [3.05, 3.63) is 36.4 Å². The Kier molecular flexibility index (Phi) is 6.43. The highest BCUT2D eigenvalue weighted by molar-refractivity contribution is 6.06. The quantitative estimate of drug-likeness (QED) is 0.720. The van der Waals surface area contributed by atoms with Gasteiger partial charge in [0.25, 0.3) is 5.91 Å². The maximum absolute atomic E-state index is 12.6. The molecule has 0 bridgehead atoms. The normalized spacial score (nSPS) is 12.8. The van der Waals surface area contributed by atoms with Crippen LogP contribution in [0.25, 0.3) is 10.8 Å². The Labute approximate surface area is 150 Å². The van der Waals surface area contributed by atoms with E-state index in [1.54, 1.807) is 13.8 Å². The van der Waals surface area contributed by atoms with Crippen molar-refractivity contribution >= 4 is 22.4 Å². The van der Waals surface area contributed by atoms with Crippen LogP contribution in [-0.4, -0.2) is 24.2 Å². The highest BCUT2D eigenvalue weighted by Crippen LogP contribution is 2.33. The third kappa shape index (κ3) is 4.73. The fourth-order valence-corrected chi connectivity index (χ4v) is 2.48. The molecular formula is C21H29NO3. The second kappa shape index (κ2) is 8.34. The smallest absolute Gasteiger partial charge is 0.256 e. The Morgan fingerprint density at radius 1 is 1.12 bits per heavy atom. The van der Waals surface area contributed by atoms with Gasteiger partial charge >= 0.3 is 0 Å². The summed E-state index contributed by atoms with van der Waals surface area (Å²) in [4.78, 5) is 12.6. The minimum Gasteiger partial charge on any atom is -0.490 e. The Hall–Kier alpha value is -2.07. The van der Waals surface area contributed by atoms with Crippen LogP contribution in [0.4, 0.5) is 5.69 Å². The number of hydrogen-bond acceptors (Lipinski definition) is 3. The van der Waals surface area contributed by atoms with Gasteiger partial charge in [-0.3, -0.25) is 4.79 Å². The zero-order valence-electron chi connectivity index (χ0n) is 15.9. The Morgan fingerprint density at radius 2 is 1.80 bits per heavy atom. The number of fused-ring (bicyclic) bond motifs is 1. The van der Waals surface area contributed by atoms with Gasteiger partial charge in [0.1, 0.15) is 11.4 Å². The van der Waals surface area contributed by atoms with E-state index in [4.69, 9.17) is 9.47 Å². The van der Waals surface area contributed by atoms with Gasteiger partial charge in [0.05, 0.1) is 6.10 Å². The second-order valence-corrected chi connectivity index (χ2v) is 6.81. The summed E-state index contributed by atoms with van der Waals surface area (Å²) in [5.41, 5.74) is -0.103. The number of anilines is 1. The molecule has 2 aromatic carbocycles. The van der Waals surface area contributed by atoms with Gasteiger partial charge in [-0.25, -0.2) is 0 Å². The van der Waals surface area contributed by atoms with Crippen LogP contribution in [0.15, 0.2) is 36.4 Å². The summed E-state index contributed by atoms with van der Waals surface area (Å²) < 4.78 is 11.7. The molecule has 0 aliphatic carbocycles. The molecule has 2 rings (SSSR count). The second-order valence-electron chi connectivity index (χ2n) is 6.81. The van der Waals surface area contributed by atoms with E-state index in [1.807, 2.05) is 43.3 Å². The molecule has 0 radical (unpaired) electrons. The molecule has 0 saturated heterocycles. The van der Waals surface area contributed by atoms with Gasteiger partial charge in [-0.05, 0) is 45.7 Å². The first-order chi connectivity index (χ1) is 11.9. The summed E-state index contributed by atoms with van der Waals surface area (Å²) in [5.74, 6) is 0.686. The molecule has 0 aliphatic rings. The van der Waals surface area contributed by atoms with Gasteiger partial charge in [0.15, 0.2) is 0 Å². The largest absolute Gasteiger partial charge is 0.490 e. The van der Waals surface area contributed by atoms with Crippen molar-refractivity contribution < 1.29 is 14.3 Å². The lowest BCUT2D eigenvalue weighted by molar-refractivity contribution is -0.137. The Balaban J connectivity index is 2.31. The molecule has 0 unspecified atom stereocenters. The van der Waals surface area contributed by atoms with Gasteiger partial charge in [-0.1, -0.05) is 38.1 Å². The van der Waals surface area contributed by atoms with E-state index in [0.29, 0.717) is 6.61 Å². The van der Waals surface area contributed by atoms with Crippen molar-refractivity contribution in [2.45, 2.75) is 59.2 Å². The minimum atomic E-state index is -0.872. The molecule has 0 aliphatic heterocycles. The van der Waals surface area contributed by atoms with E-state index in [2.05, 4.69) is 19.2 Å². The molecule has 1 amide bonds. The fraction of sp³-hybridized carbons (Fsp3) is 0.476. The number of benzene rings is 2. The van der Waals surface area contributed by atoms with Crippen LogP contribution in [0.1, 0.15) is 47.5 Å². The summed E-state index contributed by atoms with van der Waals surface area (Å²) >= 11 is 0. The van der Waals surface area contributed by atoms with Crippen molar-refractivity contribution in [2.75, 3.05) is 11.9 Å². The van der Waals surface area contributed by atoms with Crippen LogP contribution in [0, 0.1) is 0 Å². The molecule has 136 valence electrons. The van der Waals surface area contributed by atoms with Gasteiger partial charge in [-0.2, -0.15) is 0 Å². The summed E-state index contributed by atoms with van der Waals surface area (Å²) in [6, 6.07) is 11.8. The number of amides is 1. The number of carbonyl (C=O) groups is 1. The van der Waals surface area contributed by atoms with Crippen molar-refractivity contribution in [3.8, 4) is 5.75 Å². The lowest BCUT2D eigenvalue weighted by atomic mass is 10.1. The maximum Gasteiger partial charge on any atom is 0.256 e. The predicted octanol–water partition coefficient (Wildman–Crippen LogP) is 5.16. The van der Waals surface area contributed by atoms with E-state index in [1.165, 1.54) is 0 Å². The molecule has 4 nitrogen and oxygen atoms in total. The summed E-state index contributed by atoms with van der Waals surface area (Å²) in [7, 11) is 0. The van der Waals surface area contributed by atoms with Gasteiger partial charge in [-0.15, -0.1) is 0 Å². The molecule has 1 N–H and O–H groups in total. The third-order valence-corrected chi connectivity index (χ3v) is 4.25. The molecule has 0 spiro atoms. The van der Waals surface area contributed by atoms with Crippen LogP contribution in [0.2, 0.25) is 0 Å². The van der Waals surface area contributed by atoms with Crippen LogP contribution in [0.5, 0.6) is 5.75 Å². The monoisotopic (exact) mass is 343 g/mol. The van der Waals surface area contributed by atoms with Crippen molar-refractivity contribution in [2.24, 2.45) is 0 Å². The maximum atomic E-state index is 12.6. The molecule has 1 atom stereocenters. The number of nitrogens with one attached hydrogen (secondary N) is 1. The predicted molar refractivity (Wildman–Crippen MR) is 103 cm³/mol. The molecule has 0 fully saturated rings. The number of carbonyl (C=O) groups excluding carboxylic acids is 1. The number of ether oxygens (including phenoxy) is 2. The first-order valence-electron chi connectivity index (χ1n) is 9.02. The summed E-state index contributed by atoms with van der Waals surface area (Å²) in [6.45, 7) is 10.3. The van der Waals surface area contributed by atoms with Crippen LogP contribution in [0.3, 0.4) is 0 Å². The van der Waals surface area contributed by atoms with E-state index in [-0.39, 0.29) is 12.0 Å². The lowest BCUT2D eigenvalue weighted by Crippen LogP contribution is -2.40. The average molecular weight is 343 g/mol. The molecule has 0 saturated carbocycles. The molecule has 0 aromatic heterocycles. The van der Waals surface area contributed by atoms with Gasteiger partial charge < -0.3 is 14.8 Å². The van der Waals surface area contributed by atoms with E-state index >= 15 is 0 Å². The Bertz CT molecular complexity index is 724. The van der Waals surface area contributed by atoms with E-state index in [9.17, 15) is 4.79 Å². The highest BCUT2D eigenvalue weighted by atomic mass is 16.5. The SMILES string of the molecule is CCCOC(C)(C)C(=O)Nc1ccc(O[C@H](C)CC)c2ccccc12. The zero-order chi connectivity index (χ0) is 18.4. The van der Waals surface area contributed by atoms with Crippen LogP contribution < -0.4 is 10.1 Å². The first kappa shape index (κ1) is 19.3. The zero-order valence-corrected chi connectivity index (χ0v) is 15.9. The molecule has 0 heterocycles. The molecule has 2 aromatic rings. The summed E-state index contributed by atoms with van der Waals surface area (Å²) in [6.07, 6.45) is 1.96. The van der Waals surface area contributed by atoms with Crippen molar-refractivity contribution in [1.29, 1.82) is 0 Å². The molecule has 25 heavy (non-hydrogen) atoms. The van der Waals surface area contributed by atoms with Gasteiger partial charge in [0, 0.05) is 23.1 Å². The van der Waals surface area contributed by atoms with Crippen molar-refractivity contribution in [3.63, 3.8) is 0 Å². The van der Waals surface area contributed by atoms with Gasteiger partial charge in [0.2, 0.25) is 0 Å². The van der Waals surface area contributed by atoms with Crippen LogP contribution >= 0.6 is 0 Å². The summed E-state index contributed by atoms with van der Waals surface area (Å²) in [5, 5.41) is 4.96. The minimum absolute atomic E-state index is 0.144. The number of hydrogen-bond donors (Lipinski definition) is 1. The average Bonchev–Trinajstić information content (AvgIpc) is 2.61. The lowest BCUT2D eigenvalue weighted by Gasteiger charge is -2.24. The molecule has 4 heteroatoms.